The van der Waals surface area contributed by atoms with Gasteiger partial charge in [-0.15, -0.1) is 0 Å². The molecule has 1 aliphatic heterocycles. The highest BCUT2D eigenvalue weighted by atomic mass is 16.5. The Hall–Kier alpha value is -1.59. The second-order valence-corrected chi connectivity index (χ2v) is 4.93. The minimum absolute atomic E-state index is 0.393. The fourth-order valence-corrected chi connectivity index (χ4v) is 2.07. The molecule has 1 aliphatic rings. The molecule has 1 heterocycles. The lowest BCUT2D eigenvalue weighted by atomic mass is 10.2. The van der Waals surface area contributed by atoms with Crippen molar-refractivity contribution >= 4 is 11.8 Å². The molecule has 1 aromatic rings. The van der Waals surface area contributed by atoms with E-state index in [1.165, 1.54) is 0 Å². The Morgan fingerprint density at radius 2 is 2.00 bits per heavy atom. The summed E-state index contributed by atoms with van der Waals surface area (Å²) in [5, 5.41) is 2.71. The van der Waals surface area contributed by atoms with Crippen molar-refractivity contribution in [2.24, 2.45) is 0 Å². The molecule has 0 aromatic heterocycles. The minimum atomic E-state index is -0.393. The van der Waals surface area contributed by atoms with Gasteiger partial charge in [-0.1, -0.05) is 17.7 Å². The molecule has 0 radical (unpaired) electrons. The van der Waals surface area contributed by atoms with Crippen LogP contribution in [0, 0.1) is 6.92 Å². The number of nitrogens with zero attached hydrogens (tertiary/aromatic N) is 1. The summed E-state index contributed by atoms with van der Waals surface area (Å²) in [6, 6.07) is 7.64. The second-order valence-electron chi connectivity index (χ2n) is 4.93. The lowest BCUT2D eigenvalue weighted by molar-refractivity contribution is 0.0348. The Kier molecular flexibility index (Phi) is 5.83. The average molecular weight is 278 g/mol. The van der Waals surface area contributed by atoms with E-state index in [-0.39, 0.29) is 0 Å². The average Bonchev–Trinajstić information content (AvgIpc) is 2.47. The maximum atomic E-state index is 11.6. The summed E-state index contributed by atoms with van der Waals surface area (Å²) < 4.78 is 10.4. The molecule has 1 fully saturated rings. The van der Waals surface area contributed by atoms with E-state index < -0.39 is 6.09 Å². The van der Waals surface area contributed by atoms with Crippen molar-refractivity contribution in [2.75, 3.05) is 44.8 Å². The number of amides is 1. The third-order valence-electron chi connectivity index (χ3n) is 3.25. The number of carbonyl (C=O) groups is 1. The summed E-state index contributed by atoms with van der Waals surface area (Å²) in [4.78, 5) is 13.9. The maximum absolute atomic E-state index is 11.6. The van der Waals surface area contributed by atoms with Crippen molar-refractivity contribution in [1.82, 2.24) is 4.90 Å². The molecular formula is C15H22N2O3. The number of benzene rings is 1. The number of aryl methyl sites for hydroxylation is 1. The van der Waals surface area contributed by atoms with E-state index >= 15 is 0 Å². The highest BCUT2D eigenvalue weighted by Gasteiger charge is 2.10. The first kappa shape index (κ1) is 14.8. The fraction of sp³-hybridized carbons (Fsp3) is 0.533. The van der Waals surface area contributed by atoms with Crippen LogP contribution in [0.5, 0.6) is 0 Å². The van der Waals surface area contributed by atoms with Gasteiger partial charge in [0.15, 0.2) is 0 Å². The normalized spacial score (nSPS) is 15.8. The van der Waals surface area contributed by atoms with Crippen molar-refractivity contribution in [2.45, 2.75) is 13.3 Å². The van der Waals surface area contributed by atoms with Crippen LogP contribution in [0.2, 0.25) is 0 Å². The van der Waals surface area contributed by atoms with Gasteiger partial charge in [0.1, 0.15) is 0 Å². The maximum Gasteiger partial charge on any atom is 0.411 e. The molecule has 110 valence electrons. The predicted octanol–water partition coefficient (Wildman–Crippen LogP) is 2.27. The molecule has 0 aliphatic carbocycles. The number of anilines is 1. The summed E-state index contributed by atoms with van der Waals surface area (Å²) in [5.74, 6) is 0. The Morgan fingerprint density at radius 1 is 1.30 bits per heavy atom. The molecule has 5 heteroatoms. The fourth-order valence-electron chi connectivity index (χ4n) is 2.07. The first-order valence-corrected chi connectivity index (χ1v) is 7.04. The van der Waals surface area contributed by atoms with Crippen LogP contribution in [0.15, 0.2) is 24.3 Å². The summed E-state index contributed by atoms with van der Waals surface area (Å²) in [7, 11) is 0. The van der Waals surface area contributed by atoms with Gasteiger partial charge in [-0.2, -0.15) is 0 Å². The Bertz CT molecular complexity index is 414. The van der Waals surface area contributed by atoms with Crippen LogP contribution >= 0.6 is 0 Å². The second kappa shape index (κ2) is 7.87. The summed E-state index contributed by atoms with van der Waals surface area (Å²) in [5.41, 5.74) is 1.92. The smallest absolute Gasteiger partial charge is 0.411 e. The van der Waals surface area contributed by atoms with Gasteiger partial charge in [-0.3, -0.25) is 10.2 Å². The molecule has 0 saturated carbocycles. The molecule has 2 rings (SSSR count). The van der Waals surface area contributed by atoms with E-state index in [4.69, 9.17) is 9.47 Å². The van der Waals surface area contributed by atoms with Crippen molar-refractivity contribution in [1.29, 1.82) is 0 Å². The van der Waals surface area contributed by atoms with Crippen LogP contribution in [-0.2, 0) is 9.47 Å². The number of hydrogen-bond acceptors (Lipinski definition) is 4. The summed E-state index contributed by atoms with van der Waals surface area (Å²) >= 11 is 0. The molecule has 0 bridgehead atoms. The van der Waals surface area contributed by atoms with Gasteiger partial charge >= 0.3 is 6.09 Å². The largest absolute Gasteiger partial charge is 0.449 e. The molecular weight excluding hydrogens is 256 g/mol. The highest BCUT2D eigenvalue weighted by molar-refractivity contribution is 5.84. The van der Waals surface area contributed by atoms with Gasteiger partial charge in [0, 0.05) is 25.3 Å². The Balaban J connectivity index is 1.59. The molecule has 1 N–H and O–H groups in total. The quantitative estimate of drug-likeness (QED) is 0.839. The lowest BCUT2D eigenvalue weighted by Crippen LogP contribution is -2.37. The number of rotatable bonds is 5. The molecule has 1 saturated heterocycles. The highest BCUT2D eigenvalue weighted by Crippen LogP contribution is 2.08. The molecule has 5 nitrogen and oxygen atoms in total. The van der Waals surface area contributed by atoms with Gasteiger partial charge in [-0.05, 0) is 25.5 Å². The van der Waals surface area contributed by atoms with Gasteiger partial charge in [0.2, 0.25) is 0 Å². The third kappa shape index (κ3) is 5.19. The number of nitrogens with one attached hydrogen (secondary N) is 1. The van der Waals surface area contributed by atoms with Crippen molar-refractivity contribution in [3.05, 3.63) is 29.8 Å². The van der Waals surface area contributed by atoms with E-state index in [9.17, 15) is 4.79 Å². The molecule has 0 atom stereocenters. The first-order chi connectivity index (χ1) is 9.74. The van der Waals surface area contributed by atoms with Crippen LogP contribution in [0.25, 0.3) is 0 Å². The van der Waals surface area contributed by atoms with Crippen molar-refractivity contribution in [3.8, 4) is 0 Å². The third-order valence-corrected chi connectivity index (χ3v) is 3.25. The molecule has 0 unspecified atom stereocenters. The van der Waals surface area contributed by atoms with Gasteiger partial charge < -0.3 is 9.47 Å². The predicted molar refractivity (Wildman–Crippen MR) is 78.0 cm³/mol. The summed E-state index contributed by atoms with van der Waals surface area (Å²) in [6.45, 7) is 6.93. The number of carbonyl (C=O) groups excluding carboxylic acids is 1. The van der Waals surface area contributed by atoms with E-state index in [0.29, 0.717) is 6.61 Å². The van der Waals surface area contributed by atoms with Gasteiger partial charge in [-0.25, -0.2) is 4.79 Å². The number of hydrogen-bond donors (Lipinski definition) is 1. The first-order valence-electron chi connectivity index (χ1n) is 7.04. The topological polar surface area (TPSA) is 50.8 Å². The monoisotopic (exact) mass is 278 g/mol. The SMILES string of the molecule is Cc1ccc(NC(=O)OCCCN2CCOCC2)cc1. The van der Waals surface area contributed by atoms with Crippen LogP contribution in [0.1, 0.15) is 12.0 Å². The molecule has 20 heavy (non-hydrogen) atoms. The zero-order chi connectivity index (χ0) is 14.2. The Morgan fingerprint density at radius 3 is 2.70 bits per heavy atom. The molecule has 1 aromatic carbocycles. The molecule has 1 amide bonds. The van der Waals surface area contributed by atoms with Crippen molar-refractivity contribution < 1.29 is 14.3 Å². The zero-order valence-electron chi connectivity index (χ0n) is 11.9. The van der Waals surface area contributed by atoms with Crippen LogP contribution in [0.3, 0.4) is 0 Å². The Labute approximate surface area is 119 Å². The summed E-state index contributed by atoms with van der Waals surface area (Å²) in [6.07, 6.45) is 0.456. The van der Waals surface area contributed by atoms with E-state index in [2.05, 4.69) is 10.2 Å². The van der Waals surface area contributed by atoms with Gasteiger partial charge in [0.25, 0.3) is 0 Å². The van der Waals surface area contributed by atoms with Crippen molar-refractivity contribution in [3.63, 3.8) is 0 Å². The van der Waals surface area contributed by atoms with E-state index in [1.807, 2.05) is 31.2 Å². The van der Waals surface area contributed by atoms with E-state index in [0.717, 1.165) is 50.5 Å². The van der Waals surface area contributed by atoms with E-state index in [1.54, 1.807) is 0 Å². The lowest BCUT2D eigenvalue weighted by Gasteiger charge is -2.26. The van der Waals surface area contributed by atoms with Gasteiger partial charge in [0.05, 0.1) is 19.8 Å². The van der Waals surface area contributed by atoms with Crippen LogP contribution in [-0.4, -0.2) is 50.4 Å². The standard InChI is InChI=1S/C15H22N2O3/c1-13-3-5-14(6-4-13)16-15(18)20-10-2-7-17-8-11-19-12-9-17/h3-6H,2,7-12H2,1H3,(H,16,18). The minimum Gasteiger partial charge on any atom is -0.449 e. The number of morpholine rings is 1. The zero-order valence-corrected chi connectivity index (χ0v) is 11.9. The number of ether oxygens (including phenoxy) is 2. The van der Waals surface area contributed by atoms with Crippen LogP contribution in [0.4, 0.5) is 10.5 Å². The van der Waals surface area contributed by atoms with Crippen LogP contribution < -0.4 is 5.32 Å². The molecule has 0 spiro atoms.